The third-order valence-corrected chi connectivity index (χ3v) is 7.33. The van der Waals surface area contributed by atoms with E-state index in [1.807, 2.05) is 0 Å². The summed E-state index contributed by atoms with van der Waals surface area (Å²) in [5.74, 6) is 0.481. The van der Waals surface area contributed by atoms with Crippen LogP contribution in [0.5, 0.6) is 0 Å². The van der Waals surface area contributed by atoms with Crippen molar-refractivity contribution in [3.05, 3.63) is 29.8 Å². The fourth-order valence-corrected chi connectivity index (χ4v) is 6.73. The van der Waals surface area contributed by atoms with Crippen molar-refractivity contribution in [3.8, 4) is 0 Å². The summed E-state index contributed by atoms with van der Waals surface area (Å²) in [6, 6.07) is 8.38. The van der Waals surface area contributed by atoms with Gasteiger partial charge in [-0.1, -0.05) is 37.2 Å². The van der Waals surface area contributed by atoms with Gasteiger partial charge >= 0.3 is 0 Å². The second kappa shape index (κ2) is 6.24. The Kier molecular flexibility index (Phi) is 4.50. The minimum atomic E-state index is -2.89. The number of nitrogens with zero attached hydrogens (tertiary/aromatic N) is 2. The molecular formula is C16H22N2O2S2. The Bertz CT molecular complexity index is 685. The second-order valence-corrected chi connectivity index (χ2v) is 9.42. The van der Waals surface area contributed by atoms with Gasteiger partial charge in [0.25, 0.3) is 0 Å². The summed E-state index contributed by atoms with van der Waals surface area (Å²) in [7, 11) is -2.89. The average Bonchev–Trinajstić information content (AvgIpc) is 2.92. The Morgan fingerprint density at radius 3 is 2.86 bits per heavy atom. The van der Waals surface area contributed by atoms with Gasteiger partial charge in [-0.25, -0.2) is 8.42 Å². The minimum absolute atomic E-state index is 0.0565. The number of benzene rings is 1. The van der Waals surface area contributed by atoms with Crippen LogP contribution in [0.1, 0.15) is 25.3 Å². The van der Waals surface area contributed by atoms with Crippen molar-refractivity contribution >= 4 is 32.5 Å². The van der Waals surface area contributed by atoms with Crippen LogP contribution in [0.4, 0.5) is 5.69 Å². The molecule has 1 aromatic carbocycles. The van der Waals surface area contributed by atoms with E-state index >= 15 is 0 Å². The Morgan fingerprint density at radius 1 is 1.36 bits per heavy atom. The summed E-state index contributed by atoms with van der Waals surface area (Å²) in [4.78, 5) is 6.99. The zero-order chi connectivity index (χ0) is 15.7. The number of rotatable bonds is 4. The molecule has 0 aliphatic carbocycles. The fraction of sp³-hybridized carbons (Fsp3) is 0.562. The number of amidine groups is 1. The highest BCUT2D eigenvalue weighted by Crippen LogP contribution is 2.37. The van der Waals surface area contributed by atoms with Gasteiger partial charge in [0.05, 0.1) is 17.5 Å². The highest BCUT2D eigenvalue weighted by atomic mass is 32.2. The summed E-state index contributed by atoms with van der Waals surface area (Å²) in [5, 5.41) is 1.10. The summed E-state index contributed by atoms with van der Waals surface area (Å²) in [6.45, 7) is 5.20. The van der Waals surface area contributed by atoms with Crippen LogP contribution < -0.4 is 4.90 Å². The van der Waals surface area contributed by atoms with Crippen molar-refractivity contribution in [1.29, 1.82) is 0 Å². The van der Waals surface area contributed by atoms with Gasteiger partial charge in [0, 0.05) is 17.5 Å². The van der Waals surface area contributed by atoms with Gasteiger partial charge < -0.3 is 4.90 Å². The number of anilines is 1. The van der Waals surface area contributed by atoms with E-state index in [-0.39, 0.29) is 22.8 Å². The van der Waals surface area contributed by atoms with Crippen LogP contribution >= 0.6 is 11.8 Å². The highest BCUT2D eigenvalue weighted by Gasteiger charge is 2.43. The molecule has 1 fully saturated rings. The topological polar surface area (TPSA) is 49.7 Å². The molecule has 2 atom stereocenters. The Hall–Kier alpha value is -1.01. The van der Waals surface area contributed by atoms with E-state index in [0.717, 1.165) is 30.2 Å². The van der Waals surface area contributed by atoms with Crippen molar-refractivity contribution in [2.24, 2.45) is 4.99 Å². The number of fused-ring (bicyclic) bond motifs is 1. The maximum atomic E-state index is 11.7. The first kappa shape index (κ1) is 15.9. The van der Waals surface area contributed by atoms with E-state index in [9.17, 15) is 8.42 Å². The molecule has 0 amide bonds. The lowest BCUT2D eigenvalue weighted by atomic mass is 10.2. The lowest BCUT2D eigenvalue weighted by Gasteiger charge is -2.24. The summed E-state index contributed by atoms with van der Waals surface area (Å²) in [5.41, 5.74) is 2.38. The van der Waals surface area contributed by atoms with Crippen LogP contribution in [0, 0.1) is 6.92 Å². The predicted octanol–water partition coefficient (Wildman–Crippen LogP) is 2.87. The smallest absolute Gasteiger partial charge is 0.164 e. The number of thioether (sulfide) groups is 1. The number of unbranched alkanes of at least 4 members (excludes halogenated alkanes) is 1. The summed E-state index contributed by atoms with van der Waals surface area (Å²) < 4.78 is 23.4. The average molecular weight is 338 g/mol. The van der Waals surface area contributed by atoms with Crippen LogP contribution in [0.15, 0.2) is 29.3 Å². The SMILES string of the molecule is CCCCN(C1=N[C@@H]2CS(=O)(=O)C[C@H]2S1)c1cccc(C)c1. The van der Waals surface area contributed by atoms with Crippen molar-refractivity contribution in [2.75, 3.05) is 23.0 Å². The highest BCUT2D eigenvalue weighted by molar-refractivity contribution is 8.15. The van der Waals surface area contributed by atoms with Crippen LogP contribution in [0.3, 0.4) is 0 Å². The molecule has 6 heteroatoms. The van der Waals surface area contributed by atoms with Gasteiger partial charge in [0.15, 0.2) is 15.0 Å². The van der Waals surface area contributed by atoms with Crippen molar-refractivity contribution in [2.45, 2.75) is 38.0 Å². The lowest BCUT2D eigenvalue weighted by molar-refractivity contribution is 0.601. The molecule has 2 heterocycles. The van der Waals surface area contributed by atoms with E-state index in [0.29, 0.717) is 0 Å². The van der Waals surface area contributed by atoms with Gasteiger partial charge in [0.2, 0.25) is 0 Å². The van der Waals surface area contributed by atoms with Gasteiger partial charge in [-0.3, -0.25) is 4.99 Å². The van der Waals surface area contributed by atoms with Crippen molar-refractivity contribution in [3.63, 3.8) is 0 Å². The Morgan fingerprint density at radius 2 is 2.18 bits per heavy atom. The molecule has 2 aliphatic rings. The van der Waals surface area contributed by atoms with Crippen LogP contribution in [0.2, 0.25) is 0 Å². The quantitative estimate of drug-likeness (QED) is 0.847. The first-order chi connectivity index (χ1) is 10.5. The van der Waals surface area contributed by atoms with E-state index in [4.69, 9.17) is 4.99 Å². The summed E-state index contributed by atoms with van der Waals surface area (Å²) in [6.07, 6.45) is 2.22. The van der Waals surface area contributed by atoms with Crippen LogP contribution in [0.25, 0.3) is 0 Å². The van der Waals surface area contributed by atoms with E-state index in [2.05, 4.69) is 43.0 Å². The van der Waals surface area contributed by atoms with Gasteiger partial charge in [-0.15, -0.1) is 0 Å². The van der Waals surface area contributed by atoms with Crippen LogP contribution in [-0.2, 0) is 9.84 Å². The fourth-order valence-electron chi connectivity index (χ4n) is 2.92. The third kappa shape index (κ3) is 3.33. The Balaban J connectivity index is 1.85. The van der Waals surface area contributed by atoms with E-state index < -0.39 is 9.84 Å². The van der Waals surface area contributed by atoms with Gasteiger partial charge in [-0.05, 0) is 31.0 Å². The van der Waals surface area contributed by atoms with Crippen molar-refractivity contribution < 1.29 is 8.42 Å². The maximum Gasteiger partial charge on any atom is 0.164 e. The molecular weight excluding hydrogens is 316 g/mol. The molecule has 0 aromatic heterocycles. The summed E-state index contributed by atoms with van der Waals surface area (Å²) >= 11 is 1.64. The first-order valence-corrected chi connectivity index (χ1v) is 10.5. The molecule has 0 unspecified atom stereocenters. The number of hydrogen-bond acceptors (Lipinski definition) is 5. The molecule has 0 N–H and O–H groups in total. The molecule has 0 radical (unpaired) electrons. The van der Waals surface area contributed by atoms with Gasteiger partial charge in [0.1, 0.15) is 0 Å². The zero-order valence-electron chi connectivity index (χ0n) is 13.0. The first-order valence-electron chi connectivity index (χ1n) is 7.77. The molecule has 0 spiro atoms. The Labute approximate surface area is 136 Å². The predicted molar refractivity (Wildman–Crippen MR) is 94.7 cm³/mol. The standard InChI is InChI=1S/C16H22N2O2S2/c1-3-4-8-18(13-7-5-6-12(2)9-13)16-17-14-10-22(19,20)11-15(14)21-16/h5-7,9,14-15H,3-4,8,10-11H2,1-2H3/t14-,15-/m1/s1. The molecule has 0 saturated carbocycles. The molecule has 120 valence electrons. The monoisotopic (exact) mass is 338 g/mol. The molecule has 2 aliphatic heterocycles. The number of hydrogen-bond donors (Lipinski definition) is 0. The largest absolute Gasteiger partial charge is 0.321 e. The molecule has 0 bridgehead atoms. The van der Waals surface area contributed by atoms with Crippen LogP contribution in [-0.4, -0.2) is 42.9 Å². The normalized spacial score (nSPS) is 25.8. The molecule has 1 saturated heterocycles. The number of sulfone groups is 1. The van der Waals surface area contributed by atoms with Gasteiger partial charge in [-0.2, -0.15) is 0 Å². The van der Waals surface area contributed by atoms with E-state index in [1.165, 1.54) is 5.56 Å². The third-order valence-electron chi connectivity index (χ3n) is 4.08. The minimum Gasteiger partial charge on any atom is -0.321 e. The van der Waals surface area contributed by atoms with Crippen molar-refractivity contribution in [1.82, 2.24) is 0 Å². The number of aryl methyl sites for hydroxylation is 1. The molecule has 3 rings (SSSR count). The maximum absolute atomic E-state index is 11.7. The lowest BCUT2D eigenvalue weighted by Crippen LogP contribution is -2.29. The molecule has 4 nitrogen and oxygen atoms in total. The van der Waals surface area contributed by atoms with E-state index in [1.54, 1.807) is 11.8 Å². The molecule has 1 aromatic rings. The second-order valence-electron chi connectivity index (χ2n) is 6.06. The number of aliphatic imine (C=N–C) groups is 1. The zero-order valence-corrected chi connectivity index (χ0v) is 14.7. The molecule has 22 heavy (non-hydrogen) atoms.